The van der Waals surface area contributed by atoms with Gasteiger partial charge in [0, 0.05) is 6.54 Å². The smallest absolute Gasteiger partial charge is 0.102 e. The lowest BCUT2D eigenvalue weighted by atomic mass is 10.1. The number of nitrogens with one attached hydrogen (secondary N) is 1. The van der Waals surface area contributed by atoms with E-state index in [1.807, 2.05) is 4.68 Å². The average molecular weight is 240 g/mol. The number of hydrogen-bond acceptors (Lipinski definition) is 5. The summed E-state index contributed by atoms with van der Waals surface area (Å²) < 4.78 is 13.1. The molecule has 96 valence electrons. The molecule has 0 radical (unpaired) electrons. The fraction of sp³-hybridized carbons (Fsp3) is 0.818. The first kappa shape index (κ1) is 12.5. The molecule has 1 aliphatic rings. The Labute approximate surface area is 101 Å². The Morgan fingerprint density at radius 1 is 1.53 bits per heavy atom. The Kier molecular flexibility index (Phi) is 4.47. The Hall–Kier alpha value is -0.980. The quantitative estimate of drug-likeness (QED) is 0.805. The summed E-state index contributed by atoms with van der Waals surface area (Å²) in [6, 6.07) is 0.0928. The van der Waals surface area contributed by atoms with Gasteiger partial charge in [-0.25, -0.2) is 4.68 Å². The summed E-state index contributed by atoms with van der Waals surface area (Å²) in [5.74, 6) is 0. The van der Waals surface area contributed by atoms with Crippen LogP contribution in [0.15, 0.2) is 6.20 Å². The van der Waals surface area contributed by atoms with Crippen molar-refractivity contribution in [2.24, 2.45) is 0 Å². The van der Waals surface area contributed by atoms with Gasteiger partial charge in [0.2, 0.25) is 0 Å². The summed E-state index contributed by atoms with van der Waals surface area (Å²) in [7, 11) is 0. The van der Waals surface area contributed by atoms with Crippen LogP contribution in [0.1, 0.15) is 25.6 Å². The Morgan fingerprint density at radius 3 is 3.06 bits per heavy atom. The number of aromatic nitrogens is 3. The molecule has 0 saturated carbocycles. The maximum atomic E-state index is 5.76. The zero-order valence-electron chi connectivity index (χ0n) is 10.4. The molecule has 2 heterocycles. The van der Waals surface area contributed by atoms with Gasteiger partial charge in [-0.3, -0.25) is 0 Å². The molecule has 1 aliphatic heterocycles. The summed E-state index contributed by atoms with van der Waals surface area (Å²) >= 11 is 0. The van der Waals surface area contributed by atoms with Crippen LogP contribution in [0.25, 0.3) is 0 Å². The van der Waals surface area contributed by atoms with Crippen LogP contribution in [0.2, 0.25) is 0 Å². The SMILES string of the molecule is CCNC(c1cnnn1CC)C1COCCO1. The van der Waals surface area contributed by atoms with Gasteiger partial charge in [-0.15, -0.1) is 5.10 Å². The molecule has 6 nitrogen and oxygen atoms in total. The van der Waals surface area contributed by atoms with Crippen LogP contribution in [0.5, 0.6) is 0 Å². The molecule has 1 saturated heterocycles. The van der Waals surface area contributed by atoms with Gasteiger partial charge in [-0.2, -0.15) is 0 Å². The molecule has 2 unspecified atom stereocenters. The van der Waals surface area contributed by atoms with Crippen LogP contribution in [0, 0.1) is 0 Å². The molecular weight excluding hydrogens is 220 g/mol. The van der Waals surface area contributed by atoms with Gasteiger partial charge in [0.05, 0.1) is 37.8 Å². The third kappa shape index (κ3) is 2.83. The molecule has 0 aliphatic carbocycles. The van der Waals surface area contributed by atoms with Crippen molar-refractivity contribution in [1.82, 2.24) is 20.3 Å². The van der Waals surface area contributed by atoms with E-state index in [4.69, 9.17) is 9.47 Å². The van der Waals surface area contributed by atoms with Crippen molar-refractivity contribution in [3.8, 4) is 0 Å². The zero-order chi connectivity index (χ0) is 12.1. The highest BCUT2D eigenvalue weighted by molar-refractivity contribution is 5.05. The minimum absolute atomic E-state index is 0.0347. The van der Waals surface area contributed by atoms with Gasteiger partial charge in [0.15, 0.2) is 0 Å². The van der Waals surface area contributed by atoms with Crippen LogP contribution in [0.3, 0.4) is 0 Å². The molecular formula is C11H20N4O2. The standard InChI is InChI=1S/C11H20N4O2/c1-3-12-11(10-8-16-5-6-17-10)9-7-13-14-15(9)4-2/h7,10-12H,3-6,8H2,1-2H3. The van der Waals surface area contributed by atoms with E-state index in [0.29, 0.717) is 19.8 Å². The second-order valence-corrected chi connectivity index (χ2v) is 3.99. The fourth-order valence-corrected chi connectivity index (χ4v) is 2.10. The van der Waals surface area contributed by atoms with E-state index in [0.717, 1.165) is 18.8 Å². The Bertz CT molecular complexity index is 336. The summed E-state index contributed by atoms with van der Waals surface area (Å²) in [6.45, 7) is 7.77. The first-order valence-electron chi connectivity index (χ1n) is 6.18. The first-order chi connectivity index (χ1) is 8.36. The van der Waals surface area contributed by atoms with Gasteiger partial charge < -0.3 is 14.8 Å². The topological polar surface area (TPSA) is 61.2 Å². The summed E-state index contributed by atoms with van der Waals surface area (Å²) in [5.41, 5.74) is 1.06. The van der Waals surface area contributed by atoms with Crippen molar-refractivity contribution >= 4 is 0 Å². The number of ether oxygens (including phenoxy) is 2. The van der Waals surface area contributed by atoms with Crippen LogP contribution in [-0.4, -0.2) is 47.5 Å². The predicted octanol–water partition coefficient (Wildman–Crippen LogP) is 0.364. The van der Waals surface area contributed by atoms with Crippen LogP contribution in [0.4, 0.5) is 0 Å². The summed E-state index contributed by atoms with van der Waals surface area (Å²) in [5, 5.41) is 11.5. The number of likely N-dealkylation sites (N-methyl/N-ethyl adjacent to an activating group) is 1. The van der Waals surface area contributed by atoms with Crippen LogP contribution < -0.4 is 5.32 Å². The average Bonchev–Trinajstić information content (AvgIpc) is 2.85. The summed E-state index contributed by atoms with van der Waals surface area (Å²) in [4.78, 5) is 0. The van der Waals surface area contributed by atoms with Crippen molar-refractivity contribution in [3.05, 3.63) is 11.9 Å². The van der Waals surface area contributed by atoms with Crippen molar-refractivity contribution < 1.29 is 9.47 Å². The fourth-order valence-electron chi connectivity index (χ4n) is 2.10. The van der Waals surface area contributed by atoms with Crippen molar-refractivity contribution in [2.75, 3.05) is 26.4 Å². The van der Waals surface area contributed by atoms with Crippen molar-refractivity contribution in [1.29, 1.82) is 0 Å². The third-order valence-corrected chi connectivity index (χ3v) is 2.90. The highest BCUT2D eigenvalue weighted by Crippen LogP contribution is 2.20. The maximum Gasteiger partial charge on any atom is 0.102 e. The third-order valence-electron chi connectivity index (χ3n) is 2.90. The highest BCUT2D eigenvalue weighted by atomic mass is 16.6. The molecule has 17 heavy (non-hydrogen) atoms. The van der Waals surface area contributed by atoms with E-state index in [1.54, 1.807) is 6.20 Å². The van der Waals surface area contributed by atoms with E-state index in [1.165, 1.54) is 0 Å². The lowest BCUT2D eigenvalue weighted by molar-refractivity contribution is -0.103. The number of aryl methyl sites for hydroxylation is 1. The molecule has 1 fully saturated rings. The number of rotatable bonds is 5. The van der Waals surface area contributed by atoms with Gasteiger partial charge >= 0.3 is 0 Å². The largest absolute Gasteiger partial charge is 0.376 e. The predicted molar refractivity (Wildman–Crippen MR) is 62.7 cm³/mol. The summed E-state index contributed by atoms with van der Waals surface area (Å²) in [6.07, 6.45) is 1.84. The van der Waals surface area contributed by atoms with E-state index in [2.05, 4.69) is 29.5 Å². The molecule has 2 rings (SSSR count). The molecule has 6 heteroatoms. The van der Waals surface area contributed by atoms with Crippen LogP contribution in [-0.2, 0) is 16.0 Å². The molecule has 0 amide bonds. The molecule has 1 aromatic heterocycles. The van der Waals surface area contributed by atoms with Gasteiger partial charge in [-0.1, -0.05) is 12.1 Å². The normalized spacial score (nSPS) is 22.6. The maximum absolute atomic E-state index is 5.76. The van der Waals surface area contributed by atoms with Gasteiger partial charge in [0.25, 0.3) is 0 Å². The number of nitrogens with zero attached hydrogens (tertiary/aromatic N) is 3. The van der Waals surface area contributed by atoms with E-state index in [9.17, 15) is 0 Å². The molecule has 0 aromatic carbocycles. The Balaban J connectivity index is 2.15. The minimum Gasteiger partial charge on any atom is -0.376 e. The lowest BCUT2D eigenvalue weighted by Crippen LogP contribution is -2.41. The zero-order valence-corrected chi connectivity index (χ0v) is 10.4. The van der Waals surface area contributed by atoms with Crippen molar-refractivity contribution in [2.45, 2.75) is 32.5 Å². The number of hydrogen-bond donors (Lipinski definition) is 1. The molecule has 0 spiro atoms. The van der Waals surface area contributed by atoms with Gasteiger partial charge in [0.1, 0.15) is 6.10 Å². The monoisotopic (exact) mass is 240 g/mol. The molecule has 1 N–H and O–H groups in total. The first-order valence-corrected chi connectivity index (χ1v) is 6.18. The van der Waals surface area contributed by atoms with Crippen molar-refractivity contribution in [3.63, 3.8) is 0 Å². The molecule has 1 aromatic rings. The van der Waals surface area contributed by atoms with Gasteiger partial charge in [-0.05, 0) is 13.5 Å². The molecule has 2 atom stereocenters. The molecule has 0 bridgehead atoms. The second kappa shape index (κ2) is 6.09. The van der Waals surface area contributed by atoms with Crippen LogP contribution >= 0.6 is 0 Å². The minimum atomic E-state index is 0.0347. The van der Waals surface area contributed by atoms with E-state index >= 15 is 0 Å². The second-order valence-electron chi connectivity index (χ2n) is 3.99. The van der Waals surface area contributed by atoms with E-state index < -0.39 is 0 Å². The lowest BCUT2D eigenvalue weighted by Gasteiger charge is -2.30. The Morgan fingerprint density at radius 2 is 2.41 bits per heavy atom. The highest BCUT2D eigenvalue weighted by Gasteiger charge is 2.28. The van der Waals surface area contributed by atoms with E-state index in [-0.39, 0.29) is 12.1 Å².